The molecule has 0 fully saturated rings. The first-order valence-corrected chi connectivity index (χ1v) is 40.6. The van der Waals surface area contributed by atoms with Crippen molar-refractivity contribution in [2.75, 3.05) is 40.9 Å². The van der Waals surface area contributed by atoms with Crippen LogP contribution in [0.5, 0.6) is 0 Å². The molecule has 0 spiro atoms. The molecule has 524 valence electrons. The van der Waals surface area contributed by atoms with Gasteiger partial charge < -0.3 is 28.8 Å². The normalized spacial score (nSPS) is 13.8. The van der Waals surface area contributed by atoms with Gasteiger partial charge in [0.15, 0.2) is 0 Å². The summed E-state index contributed by atoms with van der Waals surface area (Å²) in [6, 6.07) is -0.912. The van der Waals surface area contributed by atoms with Gasteiger partial charge in [0.2, 0.25) is 5.91 Å². The second kappa shape index (κ2) is 70.5. The Morgan fingerprint density at radius 1 is 0.393 bits per heavy atom. The highest BCUT2D eigenvalue weighted by molar-refractivity contribution is 7.45. The first-order chi connectivity index (χ1) is 43.5. The molecule has 0 saturated heterocycles. The number of likely N-dealkylation sites (N-methyl/N-ethyl adjacent to an activating group) is 1. The molecule has 0 heterocycles. The van der Waals surface area contributed by atoms with Gasteiger partial charge in [0.1, 0.15) is 13.2 Å². The van der Waals surface area contributed by atoms with Crippen LogP contribution in [0.4, 0.5) is 0 Å². The quantitative estimate of drug-likeness (QED) is 0.0272. The summed E-state index contributed by atoms with van der Waals surface area (Å²) in [6.45, 7) is 4.66. The average molecular weight is 1270 g/mol. The summed E-state index contributed by atoms with van der Waals surface area (Å²) < 4.78 is 23.5. The third-order valence-corrected chi connectivity index (χ3v) is 18.9. The van der Waals surface area contributed by atoms with Crippen LogP contribution in [0, 0.1) is 0 Å². The standard InChI is InChI=1S/C80H153N2O6P/c1-6-8-10-12-14-16-18-20-22-24-26-28-30-32-34-36-37-38-39-40-41-42-43-44-45-46-48-50-52-54-56-58-60-62-64-66-68-70-72-74-80(84)81-78(77-88-89(85,86)87-76-75-82(3,4)5)79(83)73-71-69-67-65-63-61-59-57-55-53-51-49-47-35-33-31-29-27-25-23-21-19-17-15-13-11-9-7-2/h18,20,24,26,55,57,63,65,71,73,78-79,83H,6-17,19,21-23,25,27-54,56,58-62,64,66-70,72,74-77H2,1-5H3,(H-,81,84,85,86)/b20-18-,26-24-,57-55+,65-63+,73-71+. The minimum atomic E-state index is -4.62. The molecule has 0 radical (unpaired) electrons. The Labute approximate surface area is 555 Å². The molecule has 0 aromatic rings. The molecule has 0 saturated carbocycles. The van der Waals surface area contributed by atoms with Crippen molar-refractivity contribution in [1.82, 2.24) is 5.32 Å². The van der Waals surface area contributed by atoms with Gasteiger partial charge in [-0.25, -0.2) is 0 Å². The zero-order valence-electron chi connectivity index (χ0n) is 60.2. The Morgan fingerprint density at radius 2 is 0.663 bits per heavy atom. The van der Waals surface area contributed by atoms with Crippen LogP contribution in [0.1, 0.15) is 393 Å². The fraction of sp³-hybridized carbons (Fsp3) is 0.863. The molecule has 0 aliphatic heterocycles. The molecule has 9 heteroatoms. The number of carbonyl (C=O) groups excluding carboxylic acids is 1. The van der Waals surface area contributed by atoms with Gasteiger partial charge in [-0.2, -0.15) is 0 Å². The summed E-state index contributed by atoms with van der Waals surface area (Å²) in [6.07, 6.45) is 98.2. The highest BCUT2D eigenvalue weighted by Gasteiger charge is 2.23. The molecule has 0 aliphatic carbocycles. The van der Waals surface area contributed by atoms with Crippen molar-refractivity contribution in [3.05, 3.63) is 60.8 Å². The summed E-state index contributed by atoms with van der Waals surface area (Å²) >= 11 is 0. The SMILES string of the molecule is CCCCCCC/C=C\C/C=C\CCCCCCCCCCCCCCCCCCCCCCCCCCCCCC(=O)NC(COP(=O)([O-])OCC[N+](C)(C)C)C(O)/C=C/CC/C=C/CC/C=C/CCCCCCCCCCCCCCCCCCCC. The Hall–Kier alpha value is -1.80. The Bertz CT molecular complexity index is 1640. The van der Waals surface area contributed by atoms with Gasteiger partial charge in [0.25, 0.3) is 7.82 Å². The van der Waals surface area contributed by atoms with Gasteiger partial charge in [-0.3, -0.25) is 9.36 Å². The van der Waals surface area contributed by atoms with E-state index in [4.69, 9.17) is 9.05 Å². The monoisotopic (exact) mass is 1270 g/mol. The highest BCUT2D eigenvalue weighted by Crippen LogP contribution is 2.38. The van der Waals surface area contributed by atoms with Crippen LogP contribution in [0.15, 0.2) is 60.8 Å². The summed E-state index contributed by atoms with van der Waals surface area (Å²) in [4.78, 5) is 25.7. The minimum Gasteiger partial charge on any atom is -0.756 e. The largest absolute Gasteiger partial charge is 0.756 e. The van der Waals surface area contributed by atoms with Gasteiger partial charge in [0, 0.05) is 6.42 Å². The smallest absolute Gasteiger partial charge is 0.268 e. The van der Waals surface area contributed by atoms with E-state index in [0.29, 0.717) is 17.4 Å². The lowest BCUT2D eigenvalue weighted by atomic mass is 10.0. The summed E-state index contributed by atoms with van der Waals surface area (Å²) in [5, 5.41) is 14.0. The predicted octanol–water partition coefficient (Wildman–Crippen LogP) is 24.9. The third kappa shape index (κ3) is 73.5. The van der Waals surface area contributed by atoms with Crippen molar-refractivity contribution in [2.24, 2.45) is 0 Å². The Morgan fingerprint density at radius 3 is 0.978 bits per heavy atom. The number of nitrogens with one attached hydrogen (secondary N) is 1. The molecular formula is C80H153N2O6P. The lowest BCUT2D eigenvalue weighted by Crippen LogP contribution is -2.45. The molecular weight excluding hydrogens is 1120 g/mol. The maximum Gasteiger partial charge on any atom is 0.268 e. The van der Waals surface area contributed by atoms with E-state index in [0.717, 1.165) is 51.4 Å². The van der Waals surface area contributed by atoms with Crippen molar-refractivity contribution in [3.63, 3.8) is 0 Å². The average Bonchev–Trinajstić information content (AvgIpc) is 3.55. The van der Waals surface area contributed by atoms with Crippen LogP contribution >= 0.6 is 7.82 Å². The fourth-order valence-corrected chi connectivity index (χ4v) is 12.6. The molecule has 8 nitrogen and oxygen atoms in total. The Balaban J connectivity index is 3.99. The van der Waals surface area contributed by atoms with E-state index < -0.39 is 26.6 Å². The van der Waals surface area contributed by atoms with Gasteiger partial charge in [0.05, 0.1) is 39.9 Å². The number of hydrogen-bond acceptors (Lipinski definition) is 6. The third-order valence-electron chi connectivity index (χ3n) is 17.9. The van der Waals surface area contributed by atoms with E-state index in [2.05, 4.69) is 67.8 Å². The summed E-state index contributed by atoms with van der Waals surface area (Å²) in [5.74, 6) is -0.204. The lowest BCUT2D eigenvalue weighted by molar-refractivity contribution is -0.870. The molecule has 0 rings (SSSR count). The van der Waals surface area contributed by atoms with E-state index in [9.17, 15) is 19.4 Å². The maximum atomic E-state index is 13.1. The molecule has 0 aromatic heterocycles. The number of carbonyl (C=O) groups is 1. The van der Waals surface area contributed by atoms with E-state index in [-0.39, 0.29) is 12.5 Å². The maximum absolute atomic E-state index is 13.1. The number of aliphatic hydroxyl groups excluding tert-OH is 1. The number of phosphoric acid groups is 1. The van der Waals surface area contributed by atoms with E-state index in [1.54, 1.807) is 6.08 Å². The molecule has 0 aromatic carbocycles. The number of allylic oxidation sites excluding steroid dienone is 9. The van der Waals surface area contributed by atoms with Crippen LogP contribution in [0.2, 0.25) is 0 Å². The predicted molar refractivity (Wildman–Crippen MR) is 390 cm³/mol. The number of quaternary nitrogens is 1. The highest BCUT2D eigenvalue weighted by atomic mass is 31.2. The van der Waals surface area contributed by atoms with Crippen molar-refractivity contribution < 1.29 is 32.9 Å². The van der Waals surface area contributed by atoms with Gasteiger partial charge in [-0.1, -0.05) is 370 Å². The van der Waals surface area contributed by atoms with Crippen LogP contribution in [-0.4, -0.2) is 68.5 Å². The number of amides is 1. The zero-order valence-corrected chi connectivity index (χ0v) is 61.0. The van der Waals surface area contributed by atoms with E-state index in [1.165, 1.54) is 321 Å². The number of unbranched alkanes of at least 4 members (excludes halogenated alkanes) is 52. The van der Waals surface area contributed by atoms with E-state index >= 15 is 0 Å². The van der Waals surface area contributed by atoms with Crippen molar-refractivity contribution >= 4 is 13.7 Å². The first-order valence-electron chi connectivity index (χ1n) is 39.2. The van der Waals surface area contributed by atoms with Gasteiger partial charge in [-0.15, -0.1) is 0 Å². The Kier molecular flexibility index (Phi) is 69.1. The second-order valence-electron chi connectivity index (χ2n) is 28.0. The van der Waals surface area contributed by atoms with Crippen molar-refractivity contribution in [1.29, 1.82) is 0 Å². The van der Waals surface area contributed by atoms with Crippen LogP contribution in [0.25, 0.3) is 0 Å². The van der Waals surface area contributed by atoms with Crippen LogP contribution in [0.3, 0.4) is 0 Å². The molecule has 2 N–H and O–H groups in total. The van der Waals surface area contributed by atoms with E-state index in [1.807, 2.05) is 27.2 Å². The van der Waals surface area contributed by atoms with Crippen LogP contribution < -0.4 is 10.2 Å². The fourth-order valence-electron chi connectivity index (χ4n) is 11.9. The van der Waals surface area contributed by atoms with Crippen LogP contribution in [-0.2, 0) is 18.4 Å². The van der Waals surface area contributed by atoms with Crippen molar-refractivity contribution in [3.8, 4) is 0 Å². The number of rotatable bonds is 73. The molecule has 3 atom stereocenters. The van der Waals surface area contributed by atoms with Crippen molar-refractivity contribution in [2.45, 2.75) is 405 Å². The summed E-state index contributed by atoms with van der Waals surface area (Å²) in [7, 11) is 1.25. The first kappa shape index (κ1) is 87.2. The molecule has 1 amide bonds. The minimum absolute atomic E-state index is 0.00821. The zero-order chi connectivity index (χ0) is 64.8. The number of aliphatic hydroxyl groups is 1. The summed E-state index contributed by atoms with van der Waals surface area (Å²) in [5.41, 5.74) is 0. The number of hydrogen-bond donors (Lipinski definition) is 2. The second-order valence-corrected chi connectivity index (χ2v) is 29.5. The van der Waals surface area contributed by atoms with Gasteiger partial charge in [-0.05, 0) is 77.0 Å². The molecule has 0 bridgehead atoms. The van der Waals surface area contributed by atoms with Gasteiger partial charge >= 0.3 is 0 Å². The lowest BCUT2D eigenvalue weighted by Gasteiger charge is -2.29. The molecule has 3 unspecified atom stereocenters. The topological polar surface area (TPSA) is 108 Å². The molecule has 0 aliphatic rings. The number of phosphoric ester groups is 1. The number of nitrogens with zero attached hydrogens (tertiary/aromatic N) is 1. The molecule has 89 heavy (non-hydrogen) atoms.